The summed E-state index contributed by atoms with van der Waals surface area (Å²) in [6, 6.07) is 18.9. The molecule has 0 aliphatic rings. The van der Waals surface area contributed by atoms with E-state index in [1.54, 1.807) is 42.5 Å². The molecule has 0 aliphatic carbocycles. The SMILES string of the molecule is COc1ccccc1C(O)CNC(=O)Nc1nc2ccc(-c3cccc(S(C)(=O)=O)c3)cc2s1. The Balaban J connectivity index is 1.45. The normalized spacial score (nSPS) is 12.3. The van der Waals surface area contributed by atoms with Crippen molar-refractivity contribution in [1.29, 1.82) is 0 Å². The number of benzene rings is 3. The highest BCUT2D eigenvalue weighted by molar-refractivity contribution is 7.90. The Kier molecular flexibility index (Phi) is 6.82. The Morgan fingerprint density at radius 2 is 1.85 bits per heavy atom. The third-order valence-corrected chi connectivity index (χ3v) is 7.20. The highest BCUT2D eigenvalue weighted by atomic mass is 32.2. The van der Waals surface area contributed by atoms with Crippen LogP contribution in [-0.2, 0) is 9.84 Å². The van der Waals surface area contributed by atoms with Gasteiger partial charge in [-0.05, 0) is 41.5 Å². The Bertz CT molecular complexity index is 1450. The highest BCUT2D eigenvalue weighted by Gasteiger charge is 2.15. The number of nitrogens with zero attached hydrogens (tertiary/aromatic N) is 1. The average Bonchev–Trinajstić information content (AvgIpc) is 3.23. The number of thiazole rings is 1. The number of para-hydroxylation sites is 1. The minimum atomic E-state index is -3.31. The van der Waals surface area contributed by atoms with Crippen molar-refractivity contribution < 1.29 is 23.1 Å². The van der Waals surface area contributed by atoms with Gasteiger partial charge in [0.15, 0.2) is 15.0 Å². The predicted molar refractivity (Wildman–Crippen MR) is 133 cm³/mol. The van der Waals surface area contributed by atoms with Gasteiger partial charge in [-0.3, -0.25) is 5.32 Å². The highest BCUT2D eigenvalue weighted by Crippen LogP contribution is 2.31. The second-order valence-electron chi connectivity index (χ2n) is 7.59. The molecule has 1 unspecified atom stereocenters. The van der Waals surface area contributed by atoms with Crippen LogP contribution in [0.5, 0.6) is 5.75 Å². The number of aliphatic hydroxyl groups is 1. The van der Waals surface area contributed by atoms with E-state index < -0.39 is 22.0 Å². The van der Waals surface area contributed by atoms with Crippen LogP contribution in [0.2, 0.25) is 0 Å². The molecule has 4 aromatic rings. The molecule has 1 heterocycles. The maximum atomic E-state index is 12.3. The number of hydrogen-bond donors (Lipinski definition) is 3. The molecule has 34 heavy (non-hydrogen) atoms. The molecule has 2 amide bonds. The fourth-order valence-electron chi connectivity index (χ4n) is 3.45. The van der Waals surface area contributed by atoms with Crippen LogP contribution in [0, 0.1) is 0 Å². The van der Waals surface area contributed by atoms with Gasteiger partial charge in [-0.15, -0.1) is 0 Å². The summed E-state index contributed by atoms with van der Waals surface area (Å²) in [5.74, 6) is 0.543. The first-order chi connectivity index (χ1) is 16.2. The molecule has 10 heteroatoms. The number of methoxy groups -OCH3 is 1. The average molecular weight is 498 g/mol. The molecular weight excluding hydrogens is 474 g/mol. The van der Waals surface area contributed by atoms with Crippen molar-refractivity contribution in [3.8, 4) is 16.9 Å². The first-order valence-electron chi connectivity index (χ1n) is 10.3. The van der Waals surface area contributed by atoms with E-state index in [9.17, 15) is 18.3 Å². The minimum absolute atomic E-state index is 0.00206. The number of fused-ring (bicyclic) bond motifs is 1. The molecule has 0 bridgehead atoms. The molecule has 8 nitrogen and oxygen atoms in total. The molecule has 0 saturated heterocycles. The number of rotatable bonds is 7. The lowest BCUT2D eigenvalue weighted by Crippen LogP contribution is -2.32. The lowest BCUT2D eigenvalue weighted by atomic mass is 10.1. The van der Waals surface area contributed by atoms with Gasteiger partial charge in [0, 0.05) is 18.4 Å². The first kappa shape index (κ1) is 23.7. The number of urea groups is 1. The largest absolute Gasteiger partial charge is 0.496 e. The summed E-state index contributed by atoms with van der Waals surface area (Å²) >= 11 is 1.30. The van der Waals surface area contributed by atoms with Crippen LogP contribution in [-0.4, -0.2) is 44.4 Å². The molecule has 1 aromatic heterocycles. The summed E-state index contributed by atoms with van der Waals surface area (Å²) < 4.78 is 29.8. The van der Waals surface area contributed by atoms with Gasteiger partial charge in [0.05, 0.1) is 28.3 Å². The monoisotopic (exact) mass is 497 g/mol. The summed E-state index contributed by atoms with van der Waals surface area (Å²) in [5, 5.41) is 16.1. The zero-order valence-electron chi connectivity index (χ0n) is 18.5. The lowest BCUT2D eigenvalue weighted by molar-refractivity contribution is 0.171. The molecule has 3 N–H and O–H groups in total. The van der Waals surface area contributed by atoms with Crippen LogP contribution in [0.3, 0.4) is 0 Å². The van der Waals surface area contributed by atoms with Crippen molar-refractivity contribution in [2.45, 2.75) is 11.0 Å². The summed E-state index contributed by atoms with van der Waals surface area (Å²) in [6.07, 6.45) is 0.249. The van der Waals surface area contributed by atoms with Crippen molar-refractivity contribution in [3.05, 3.63) is 72.3 Å². The number of carbonyl (C=O) groups is 1. The van der Waals surface area contributed by atoms with Gasteiger partial charge >= 0.3 is 6.03 Å². The van der Waals surface area contributed by atoms with E-state index in [0.717, 1.165) is 15.8 Å². The number of amides is 2. The van der Waals surface area contributed by atoms with Crippen molar-refractivity contribution in [2.24, 2.45) is 0 Å². The number of aliphatic hydroxyl groups excluding tert-OH is 1. The second kappa shape index (κ2) is 9.80. The standard InChI is InChI=1S/C24H23N3O5S2/c1-32-21-9-4-3-8-18(21)20(28)14-25-23(29)27-24-26-19-11-10-16(13-22(19)33-24)15-6-5-7-17(12-15)34(2,30)31/h3-13,20,28H,14H2,1-2H3,(H2,25,26,27,29). The molecule has 0 radical (unpaired) electrons. The van der Waals surface area contributed by atoms with Gasteiger partial charge in [0.1, 0.15) is 5.75 Å². The molecule has 176 valence electrons. The van der Waals surface area contributed by atoms with E-state index in [0.29, 0.717) is 22.0 Å². The number of nitrogens with one attached hydrogen (secondary N) is 2. The summed E-state index contributed by atoms with van der Waals surface area (Å²) in [5.41, 5.74) is 2.91. The number of anilines is 1. The molecule has 0 saturated carbocycles. The van der Waals surface area contributed by atoms with E-state index in [2.05, 4.69) is 15.6 Å². The van der Waals surface area contributed by atoms with Crippen molar-refractivity contribution >= 4 is 42.6 Å². The number of ether oxygens (including phenoxy) is 1. The van der Waals surface area contributed by atoms with Crippen LogP contribution < -0.4 is 15.4 Å². The number of aromatic nitrogens is 1. The second-order valence-corrected chi connectivity index (χ2v) is 10.6. The predicted octanol–water partition coefficient (Wildman–Crippen LogP) is 4.23. The van der Waals surface area contributed by atoms with Gasteiger partial charge < -0.3 is 15.2 Å². The summed E-state index contributed by atoms with van der Waals surface area (Å²) in [4.78, 5) is 17.0. The smallest absolute Gasteiger partial charge is 0.321 e. The van der Waals surface area contributed by atoms with Crippen LogP contribution in [0.1, 0.15) is 11.7 Å². The van der Waals surface area contributed by atoms with E-state index in [-0.39, 0.29) is 11.4 Å². The molecular formula is C24H23N3O5S2. The third-order valence-electron chi connectivity index (χ3n) is 5.16. The van der Waals surface area contributed by atoms with Crippen LogP contribution in [0.15, 0.2) is 71.6 Å². The van der Waals surface area contributed by atoms with E-state index >= 15 is 0 Å². The van der Waals surface area contributed by atoms with Crippen molar-refractivity contribution in [2.75, 3.05) is 25.2 Å². The molecule has 4 rings (SSSR count). The number of carbonyl (C=O) groups excluding carboxylic acids is 1. The van der Waals surface area contributed by atoms with Crippen molar-refractivity contribution in [3.63, 3.8) is 0 Å². The first-order valence-corrected chi connectivity index (χ1v) is 13.0. The van der Waals surface area contributed by atoms with Gasteiger partial charge in [-0.1, -0.05) is 47.7 Å². The zero-order valence-corrected chi connectivity index (χ0v) is 20.1. The van der Waals surface area contributed by atoms with Gasteiger partial charge in [-0.25, -0.2) is 18.2 Å². The quantitative estimate of drug-likeness (QED) is 0.352. The minimum Gasteiger partial charge on any atom is -0.496 e. The number of sulfone groups is 1. The van der Waals surface area contributed by atoms with Gasteiger partial charge in [0.2, 0.25) is 0 Å². The maximum absolute atomic E-state index is 12.3. The Hall–Kier alpha value is -3.47. The van der Waals surface area contributed by atoms with Crippen LogP contribution in [0.4, 0.5) is 9.93 Å². The Morgan fingerprint density at radius 1 is 1.09 bits per heavy atom. The maximum Gasteiger partial charge on any atom is 0.321 e. The summed E-state index contributed by atoms with van der Waals surface area (Å²) in [7, 11) is -1.79. The third kappa shape index (κ3) is 5.36. The van der Waals surface area contributed by atoms with Crippen LogP contribution >= 0.6 is 11.3 Å². The topological polar surface area (TPSA) is 118 Å². The van der Waals surface area contributed by atoms with Crippen molar-refractivity contribution in [1.82, 2.24) is 10.3 Å². The fourth-order valence-corrected chi connectivity index (χ4v) is 5.01. The summed E-state index contributed by atoms with van der Waals surface area (Å²) in [6.45, 7) is -0.00206. The molecule has 0 spiro atoms. The lowest BCUT2D eigenvalue weighted by Gasteiger charge is -2.15. The van der Waals surface area contributed by atoms with E-state index in [1.165, 1.54) is 24.7 Å². The van der Waals surface area contributed by atoms with Crippen LogP contribution in [0.25, 0.3) is 21.3 Å². The van der Waals surface area contributed by atoms with Gasteiger partial charge in [-0.2, -0.15) is 0 Å². The van der Waals surface area contributed by atoms with Gasteiger partial charge in [0.25, 0.3) is 0 Å². The van der Waals surface area contributed by atoms with E-state index in [1.807, 2.05) is 24.3 Å². The molecule has 3 aromatic carbocycles. The Labute approximate surface area is 201 Å². The Morgan fingerprint density at radius 3 is 2.62 bits per heavy atom. The number of hydrogen-bond acceptors (Lipinski definition) is 7. The molecule has 0 fully saturated rings. The van der Waals surface area contributed by atoms with E-state index in [4.69, 9.17) is 4.74 Å². The molecule has 0 aliphatic heterocycles. The fraction of sp³-hybridized carbons (Fsp3) is 0.167. The zero-order chi connectivity index (χ0) is 24.3. The molecule has 1 atom stereocenters.